The summed E-state index contributed by atoms with van der Waals surface area (Å²) in [5.41, 5.74) is 1.07. The number of hydrogen-bond donors (Lipinski definition) is 1. The first-order valence-electron chi connectivity index (χ1n) is 7.00. The predicted molar refractivity (Wildman–Crippen MR) is 77.0 cm³/mol. The molecule has 1 aromatic carbocycles. The fraction of sp³-hybridized carbons (Fsp3) is 0.400. The second-order valence-electron chi connectivity index (χ2n) is 5.26. The van der Waals surface area contributed by atoms with E-state index in [2.05, 4.69) is 15.2 Å². The molecule has 0 spiro atoms. The number of aromatic amines is 1. The first kappa shape index (κ1) is 13.6. The molecule has 0 atom stereocenters. The lowest BCUT2D eigenvalue weighted by molar-refractivity contribution is 0.0718. The van der Waals surface area contributed by atoms with Crippen LogP contribution in [0.4, 0.5) is 0 Å². The number of methoxy groups -OCH3 is 1. The van der Waals surface area contributed by atoms with Crippen LogP contribution in [0, 0.1) is 6.92 Å². The number of carbonyl (C=O) groups excluding carboxylic acids is 1. The molecule has 110 valence electrons. The van der Waals surface area contributed by atoms with Crippen molar-refractivity contribution in [3.8, 4) is 5.75 Å². The van der Waals surface area contributed by atoms with Crippen molar-refractivity contribution in [3.05, 3.63) is 41.5 Å². The van der Waals surface area contributed by atoms with Gasteiger partial charge in [0, 0.05) is 12.6 Å². The number of amides is 1. The molecule has 0 saturated heterocycles. The van der Waals surface area contributed by atoms with E-state index >= 15 is 0 Å². The largest absolute Gasteiger partial charge is 0.497 e. The number of aromatic nitrogens is 3. The van der Waals surface area contributed by atoms with E-state index in [0.717, 1.165) is 24.2 Å². The van der Waals surface area contributed by atoms with Gasteiger partial charge >= 0.3 is 0 Å². The van der Waals surface area contributed by atoms with E-state index in [0.29, 0.717) is 18.4 Å². The zero-order valence-electron chi connectivity index (χ0n) is 12.2. The van der Waals surface area contributed by atoms with Crippen LogP contribution in [0.1, 0.15) is 34.8 Å². The Labute approximate surface area is 123 Å². The third-order valence-corrected chi connectivity index (χ3v) is 3.55. The van der Waals surface area contributed by atoms with E-state index < -0.39 is 0 Å². The van der Waals surface area contributed by atoms with E-state index in [1.165, 1.54) is 0 Å². The van der Waals surface area contributed by atoms with Crippen molar-refractivity contribution < 1.29 is 9.53 Å². The van der Waals surface area contributed by atoms with Crippen LogP contribution in [0.15, 0.2) is 24.3 Å². The van der Waals surface area contributed by atoms with E-state index in [1.54, 1.807) is 14.0 Å². The minimum atomic E-state index is -0.113. The molecule has 3 rings (SSSR count). The fourth-order valence-electron chi connectivity index (χ4n) is 2.25. The van der Waals surface area contributed by atoms with E-state index in [9.17, 15) is 4.79 Å². The Morgan fingerprint density at radius 1 is 1.38 bits per heavy atom. The highest BCUT2D eigenvalue weighted by Crippen LogP contribution is 2.29. The van der Waals surface area contributed by atoms with Gasteiger partial charge in [-0.3, -0.25) is 9.89 Å². The molecule has 1 fully saturated rings. The number of hydrogen-bond acceptors (Lipinski definition) is 4. The van der Waals surface area contributed by atoms with Crippen LogP contribution in [0.2, 0.25) is 0 Å². The first-order chi connectivity index (χ1) is 10.2. The minimum absolute atomic E-state index is 0.113. The molecule has 6 heteroatoms. The number of H-pyrrole nitrogens is 1. The molecule has 1 aliphatic rings. The number of nitrogens with one attached hydrogen (secondary N) is 1. The lowest BCUT2D eigenvalue weighted by Gasteiger charge is -2.21. The van der Waals surface area contributed by atoms with Crippen molar-refractivity contribution in [3.63, 3.8) is 0 Å². The molecule has 1 heterocycles. The second-order valence-corrected chi connectivity index (χ2v) is 5.26. The first-order valence-corrected chi connectivity index (χ1v) is 7.00. The van der Waals surface area contributed by atoms with Gasteiger partial charge in [-0.1, -0.05) is 12.1 Å². The van der Waals surface area contributed by atoms with Gasteiger partial charge in [0.1, 0.15) is 11.6 Å². The minimum Gasteiger partial charge on any atom is -0.497 e. The molecule has 0 bridgehead atoms. The summed E-state index contributed by atoms with van der Waals surface area (Å²) in [5.74, 6) is 1.59. The number of benzene rings is 1. The van der Waals surface area contributed by atoms with Crippen molar-refractivity contribution in [2.75, 3.05) is 7.11 Å². The van der Waals surface area contributed by atoms with E-state index in [-0.39, 0.29) is 11.7 Å². The summed E-state index contributed by atoms with van der Waals surface area (Å²) in [6.45, 7) is 2.36. The second kappa shape index (κ2) is 5.55. The van der Waals surface area contributed by atoms with Gasteiger partial charge in [-0.15, -0.1) is 5.10 Å². The van der Waals surface area contributed by atoms with Crippen molar-refractivity contribution in [2.45, 2.75) is 32.4 Å². The Hall–Kier alpha value is -2.37. The van der Waals surface area contributed by atoms with Gasteiger partial charge in [0.25, 0.3) is 5.91 Å². The molecule has 1 N–H and O–H groups in total. The van der Waals surface area contributed by atoms with Crippen LogP contribution < -0.4 is 4.74 Å². The molecule has 0 radical (unpaired) electrons. The van der Waals surface area contributed by atoms with Crippen molar-refractivity contribution in [1.29, 1.82) is 0 Å². The summed E-state index contributed by atoms with van der Waals surface area (Å²) in [6.07, 6.45) is 2.09. The lowest BCUT2D eigenvalue weighted by atomic mass is 10.2. The van der Waals surface area contributed by atoms with Gasteiger partial charge < -0.3 is 9.64 Å². The van der Waals surface area contributed by atoms with Crippen LogP contribution in [-0.4, -0.2) is 39.1 Å². The number of nitrogens with zero attached hydrogens (tertiary/aromatic N) is 3. The molecular weight excluding hydrogens is 268 g/mol. The standard InChI is InChI=1S/C15H18N4O2/c1-10-16-14(18-17-10)15(20)19(12-5-6-12)9-11-3-7-13(21-2)8-4-11/h3-4,7-8,12H,5-6,9H2,1-2H3,(H,16,17,18). The Bertz CT molecular complexity index is 631. The monoisotopic (exact) mass is 286 g/mol. The zero-order chi connectivity index (χ0) is 14.8. The van der Waals surface area contributed by atoms with Gasteiger partial charge in [-0.25, -0.2) is 4.98 Å². The van der Waals surface area contributed by atoms with Crippen LogP contribution in [0.3, 0.4) is 0 Å². The van der Waals surface area contributed by atoms with E-state index in [4.69, 9.17) is 4.74 Å². The molecule has 2 aromatic rings. The maximum atomic E-state index is 12.5. The van der Waals surface area contributed by atoms with Crippen molar-refractivity contribution in [1.82, 2.24) is 20.1 Å². The Kier molecular flexibility index (Phi) is 3.60. The normalized spacial score (nSPS) is 14.0. The molecular formula is C15H18N4O2. The molecule has 1 aromatic heterocycles. The summed E-state index contributed by atoms with van der Waals surface area (Å²) < 4.78 is 5.15. The van der Waals surface area contributed by atoms with Crippen molar-refractivity contribution >= 4 is 5.91 Å². The molecule has 21 heavy (non-hydrogen) atoms. The number of aryl methyl sites for hydroxylation is 1. The highest BCUT2D eigenvalue weighted by molar-refractivity contribution is 5.90. The topological polar surface area (TPSA) is 71.1 Å². The van der Waals surface area contributed by atoms with Crippen LogP contribution >= 0.6 is 0 Å². The summed E-state index contributed by atoms with van der Waals surface area (Å²) in [4.78, 5) is 18.5. The van der Waals surface area contributed by atoms with Crippen LogP contribution in [0.5, 0.6) is 5.75 Å². The summed E-state index contributed by atoms with van der Waals surface area (Å²) in [7, 11) is 1.64. The third-order valence-electron chi connectivity index (χ3n) is 3.55. The Morgan fingerprint density at radius 2 is 2.10 bits per heavy atom. The average Bonchev–Trinajstić information content (AvgIpc) is 3.26. The van der Waals surface area contributed by atoms with Gasteiger partial charge in [-0.2, -0.15) is 0 Å². The quantitative estimate of drug-likeness (QED) is 0.911. The fourth-order valence-corrected chi connectivity index (χ4v) is 2.25. The maximum absolute atomic E-state index is 12.5. The molecule has 1 aliphatic carbocycles. The molecule has 6 nitrogen and oxygen atoms in total. The lowest BCUT2D eigenvalue weighted by Crippen LogP contribution is -2.33. The van der Waals surface area contributed by atoms with Gasteiger partial charge in [0.05, 0.1) is 7.11 Å². The SMILES string of the molecule is COc1ccc(CN(C(=O)c2n[nH]c(C)n2)C2CC2)cc1. The number of carbonyl (C=O) groups is 1. The van der Waals surface area contributed by atoms with Crippen LogP contribution in [0.25, 0.3) is 0 Å². The highest BCUT2D eigenvalue weighted by Gasteiger charge is 2.34. The number of ether oxygens (including phenoxy) is 1. The molecule has 1 amide bonds. The molecule has 0 aliphatic heterocycles. The smallest absolute Gasteiger partial charge is 0.294 e. The van der Waals surface area contributed by atoms with Gasteiger partial charge in [-0.05, 0) is 37.5 Å². The summed E-state index contributed by atoms with van der Waals surface area (Å²) in [5, 5.41) is 6.69. The highest BCUT2D eigenvalue weighted by atomic mass is 16.5. The Morgan fingerprint density at radius 3 is 2.62 bits per heavy atom. The Balaban J connectivity index is 1.76. The molecule has 0 unspecified atom stereocenters. The average molecular weight is 286 g/mol. The maximum Gasteiger partial charge on any atom is 0.294 e. The van der Waals surface area contributed by atoms with Gasteiger partial charge in [0.2, 0.25) is 5.82 Å². The third kappa shape index (κ3) is 3.04. The van der Waals surface area contributed by atoms with Gasteiger partial charge in [0.15, 0.2) is 0 Å². The summed E-state index contributed by atoms with van der Waals surface area (Å²) in [6, 6.07) is 8.07. The van der Waals surface area contributed by atoms with Crippen molar-refractivity contribution in [2.24, 2.45) is 0 Å². The van der Waals surface area contributed by atoms with Crippen LogP contribution in [-0.2, 0) is 6.54 Å². The zero-order valence-corrected chi connectivity index (χ0v) is 12.2. The van der Waals surface area contributed by atoms with E-state index in [1.807, 2.05) is 29.2 Å². The summed E-state index contributed by atoms with van der Waals surface area (Å²) >= 11 is 0. The number of rotatable bonds is 5. The molecule has 1 saturated carbocycles. The predicted octanol–water partition coefficient (Wildman–Crippen LogP) is 1.93.